The fraction of sp³-hybridized carbons (Fsp3) is 0.833. The van der Waals surface area contributed by atoms with Crippen molar-refractivity contribution in [2.75, 3.05) is 59.8 Å². The summed E-state index contributed by atoms with van der Waals surface area (Å²) in [6.45, 7) is 8.50. The summed E-state index contributed by atoms with van der Waals surface area (Å²) in [5.74, 6) is -0.629. The van der Waals surface area contributed by atoms with Gasteiger partial charge in [0, 0.05) is 19.5 Å². The minimum atomic E-state index is -0.517. The van der Waals surface area contributed by atoms with E-state index in [1.807, 2.05) is 0 Å². The Morgan fingerprint density at radius 3 is 1.75 bits per heavy atom. The van der Waals surface area contributed by atoms with E-state index < -0.39 is 17.7 Å². The maximum absolute atomic E-state index is 11.4. The van der Waals surface area contributed by atoms with E-state index in [0.29, 0.717) is 52.7 Å². The van der Waals surface area contributed by atoms with Crippen molar-refractivity contribution < 1.29 is 38.1 Å². The Morgan fingerprint density at radius 2 is 1.25 bits per heavy atom. The van der Waals surface area contributed by atoms with Crippen molar-refractivity contribution in [3.8, 4) is 0 Å². The molecule has 0 atom stereocenters. The van der Waals surface area contributed by atoms with Crippen LogP contribution in [0.25, 0.3) is 0 Å². The zero-order chi connectivity index (χ0) is 21.3. The number of carbonyl (C=O) groups is 3. The first kappa shape index (κ1) is 26.1. The zero-order valence-electron chi connectivity index (χ0n) is 17.3. The molecule has 0 radical (unpaired) electrons. The van der Waals surface area contributed by atoms with E-state index in [2.05, 4.69) is 15.4 Å². The molecule has 0 aromatic carbocycles. The summed E-state index contributed by atoms with van der Waals surface area (Å²) in [7, 11) is 1.28. The van der Waals surface area contributed by atoms with Crippen LogP contribution in [0.5, 0.6) is 0 Å². The molecule has 0 unspecified atom stereocenters. The third kappa shape index (κ3) is 18.9. The van der Waals surface area contributed by atoms with Gasteiger partial charge in [0.25, 0.3) is 0 Å². The molecule has 0 fully saturated rings. The molecule has 2 amide bonds. The second-order valence-corrected chi connectivity index (χ2v) is 6.69. The first-order valence-electron chi connectivity index (χ1n) is 9.28. The van der Waals surface area contributed by atoms with Crippen LogP contribution in [0.3, 0.4) is 0 Å². The Balaban J connectivity index is 3.29. The molecule has 0 saturated carbocycles. The Bertz CT molecular complexity index is 451. The standard InChI is InChI=1S/C18H34N2O8/c1-18(2,3)28-17(23)20-8-10-26-12-14-27-13-11-25-9-7-19-15(21)5-6-16(22)24-4/h5-14H2,1-4H3,(H,19,21)(H,20,23). The fourth-order valence-electron chi connectivity index (χ4n) is 1.75. The fourth-order valence-corrected chi connectivity index (χ4v) is 1.75. The molecule has 164 valence electrons. The van der Waals surface area contributed by atoms with Crippen LogP contribution in [0.1, 0.15) is 33.6 Å². The first-order chi connectivity index (χ1) is 13.2. The summed E-state index contributed by atoms with van der Waals surface area (Å²) in [5.41, 5.74) is -0.517. The Kier molecular flexibility index (Phi) is 15.0. The first-order valence-corrected chi connectivity index (χ1v) is 9.28. The zero-order valence-corrected chi connectivity index (χ0v) is 17.3. The van der Waals surface area contributed by atoms with Crippen LogP contribution in [0.4, 0.5) is 4.79 Å². The maximum Gasteiger partial charge on any atom is 0.407 e. The molecule has 0 saturated heterocycles. The number of amides is 2. The van der Waals surface area contributed by atoms with Gasteiger partial charge in [-0.2, -0.15) is 0 Å². The average molecular weight is 406 g/mol. The van der Waals surface area contributed by atoms with Crippen molar-refractivity contribution in [3.63, 3.8) is 0 Å². The molecular formula is C18H34N2O8. The van der Waals surface area contributed by atoms with Crippen LogP contribution < -0.4 is 10.6 Å². The number of hydrogen-bond acceptors (Lipinski definition) is 8. The van der Waals surface area contributed by atoms with Gasteiger partial charge in [-0.3, -0.25) is 9.59 Å². The topological polar surface area (TPSA) is 121 Å². The van der Waals surface area contributed by atoms with E-state index >= 15 is 0 Å². The molecule has 0 bridgehead atoms. The predicted octanol–water partition coefficient (Wildman–Crippen LogP) is 0.630. The smallest absolute Gasteiger partial charge is 0.407 e. The number of methoxy groups -OCH3 is 1. The van der Waals surface area contributed by atoms with Gasteiger partial charge in [0.15, 0.2) is 0 Å². The highest BCUT2D eigenvalue weighted by Crippen LogP contribution is 2.05. The molecule has 0 aliphatic rings. The lowest BCUT2D eigenvalue weighted by molar-refractivity contribution is -0.142. The third-order valence-corrected chi connectivity index (χ3v) is 3.01. The highest BCUT2D eigenvalue weighted by Gasteiger charge is 2.15. The minimum Gasteiger partial charge on any atom is -0.469 e. The van der Waals surface area contributed by atoms with Gasteiger partial charge in [-0.15, -0.1) is 0 Å². The minimum absolute atomic E-state index is 0.0656. The second-order valence-electron chi connectivity index (χ2n) is 6.69. The summed E-state index contributed by atoms with van der Waals surface area (Å²) in [6.07, 6.45) is -0.302. The summed E-state index contributed by atoms with van der Waals surface area (Å²) in [6, 6.07) is 0. The molecular weight excluding hydrogens is 372 g/mol. The molecule has 10 heteroatoms. The monoisotopic (exact) mass is 406 g/mol. The number of esters is 1. The van der Waals surface area contributed by atoms with Crippen molar-refractivity contribution >= 4 is 18.0 Å². The van der Waals surface area contributed by atoms with Gasteiger partial charge >= 0.3 is 12.1 Å². The number of carbonyl (C=O) groups excluding carboxylic acids is 3. The summed E-state index contributed by atoms with van der Waals surface area (Å²) in [5, 5.41) is 5.24. The summed E-state index contributed by atoms with van der Waals surface area (Å²) >= 11 is 0. The molecule has 0 spiro atoms. The van der Waals surface area contributed by atoms with Crippen molar-refractivity contribution in [3.05, 3.63) is 0 Å². The van der Waals surface area contributed by atoms with Gasteiger partial charge in [0.1, 0.15) is 5.60 Å². The van der Waals surface area contributed by atoms with Crippen LogP contribution in [-0.4, -0.2) is 83.4 Å². The van der Waals surface area contributed by atoms with E-state index in [-0.39, 0.29) is 18.7 Å². The predicted molar refractivity (Wildman–Crippen MR) is 101 cm³/mol. The van der Waals surface area contributed by atoms with Crippen LogP contribution in [0.2, 0.25) is 0 Å². The van der Waals surface area contributed by atoms with Crippen LogP contribution in [0.15, 0.2) is 0 Å². The number of alkyl carbamates (subject to hydrolysis) is 1. The van der Waals surface area contributed by atoms with E-state index in [1.165, 1.54) is 7.11 Å². The number of ether oxygens (including phenoxy) is 5. The lowest BCUT2D eigenvalue weighted by atomic mass is 10.2. The Hall–Kier alpha value is -1.91. The van der Waals surface area contributed by atoms with E-state index in [4.69, 9.17) is 18.9 Å². The SMILES string of the molecule is COC(=O)CCC(=O)NCCOCCOCCOCCNC(=O)OC(C)(C)C. The quantitative estimate of drug-likeness (QED) is 0.300. The van der Waals surface area contributed by atoms with Crippen molar-refractivity contribution in [2.45, 2.75) is 39.2 Å². The number of hydrogen-bond donors (Lipinski definition) is 2. The van der Waals surface area contributed by atoms with Crippen LogP contribution in [-0.2, 0) is 33.3 Å². The third-order valence-electron chi connectivity index (χ3n) is 3.01. The summed E-state index contributed by atoms with van der Waals surface area (Å²) in [4.78, 5) is 33.7. The normalized spacial score (nSPS) is 11.0. The van der Waals surface area contributed by atoms with E-state index in [1.54, 1.807) is 20.8 Å². The Labute approximate surface area is 166 Å². The maximum atomic E-state index is 11.4. The molecule has 0 aromatic rings. The van der Waals surface area contributed by atoms with Gasteiger partial charge in [-0.25, -0.2) is 4.79 Å². The highest BCUT2D eigenvalue weighted by atomic mass is 16.6. The van der Waals surface area contributed by atoms with Gasteiger partial charge < -0.3 is 34.3 Å². The van der Waals surface area contributed by atoms with Gasteiger partial charge in [-0.1, -0.05) is 0 Å². The molecule has 0 heterocycles. The number of rotatable bonds is 15. The van der Waals surface area contributed by atoms with Gasteiger partial charge in [0.05, 0.1) is 53.2 Å². The lowest BCUT2D eigenvalue weighted by Gasteiger charge is -2.19. The van der Waals surface area contributed by atoms with Crippen molar-refractivity contribution in [1.82, 2.24) is 10.6 Å². The number of nitrogens with one attached hydrogen (secondary N) is 2. The molecule has 28 heavy (non-hydrogen) atoms. The average Bonchev–Trinajstić information content (AvgIpc) is 2.61. The lowest BCUT2D eigenvalue weighted by Crippen LogP contribution is -2.34. The molecule has 0 aromatic heterocycles. The largest absolute Gasteiger partial charge is 0.469 e. The van der Waals surface area contributed by atoms with Gasteiger partial charge in [-0.05, 0) is 20.8 Å². The summed E-state index contributed by atoms with van der Waals surface area (Å²) < 4.78 is 25.5. The van der Waals surface area contributed by atoms with Gasteiger partial charge in [0.2, 0.25) is 5.91 Å². The van der Waals surface area contributed by atoms with E-state index in [0.717, 1.165) is 0 Å². The second kappa shape index (κ2) is 16.1. The highest BCUT2D eigenvalue weighted by molar-refractivity contribution is 5.81. The van der Waals surface area contributed by atoms with Crippen molar-refractivity contribution in [1.29, 1.82) is 0 Å². The van der Waals surface area contributed by atoms with Crippen LogP contribution in [0, 0.1) is 0 Å². The molecule has 0 aliphatic heterocycles. The van der Waals surface area contributed by atoms with E-state index in [9.17, 15) is 14.4 Å². The van der Waals surface area contributed by atoms with Crippen LogP contribution >= 0.6 is 0 Å². The molecule has 0 rings (SSSR count). The molecule has 2 N–H and O–H groups in total. The Morgan fingerprint density at radius 1 is 0.750 bits per heavy atom. The molecule has 10 nitrogen and oxygen atoms in total. The van der Waals surface area contributed by atoms with Crippen molar-refractivity contribution in [2.24, 2.45) is 0 Å². The molecule has 0 aliphatic carbocycles.